The van der Waals surface area contributed by atoms with Crippen molar-refractivity contribution in [1.29, 1.82) is 10.5 Å². The molecular formula is C17H23FN4O2. The van der Waals surface area contributed by atoms with E-state index in [0.717, 1.165) is 25.1 Å². The molecule has 1 fully saturated rings. The zero-order chi connectivity index (χ0) is 18.7. The van der Waals surface area contributed by atoms with E-state index in [1.54, 1.807) is 6.07 Å². The fourth-order valence-electron chi connectivity index (χ4n) is 2.30. The van der Waals surface area contributed by atoms with Gasteiger partial charge >= 0.3 is 0 Å². The normalized spacial score (nSPS) is 18.8. The smallest absolute Gasteiger partial charge is 0.211 e. The van der Waals surface area contributed by atoms with E-state index in [2.05, 4.69) is 23.2 Å². The minimum atomic E-state index is -0.731. The fraction of sp³-hybridized carbons (Fsp3) is 0.471. The average Bonchev–Trinajstić information content (AvgIpc) is 2.90. The highest BCUT2D eigenvalue weighted by Crippen LogP contribution is 2.27. The third kappa shape index (κ3) is 6.23. The number of likely N-dealkylation sites (tertiary alicyclic amines) is 1. The van der Waals surface area contributed by atoms with E-state index in [1.165, 1.54) is 0 Å². The lowest BCUT2D eigenvalue weighted by atomic mass is 10.1. The summed E-state index contributed by atoms with van der Waals surface area (Å²) in [5, 5.41) is 28.3. The molecule has 1 aromatic rings. The molecule has 2 rings (SSSR count). The molecule has 0 aliphatic carbocycles. The second-order valence-electron chi connectivity index (χ2n) is 5.15. The van der Waals surface area contributed by atoms with E-state index in [1.807, 2.05) is 20.9 Å². The summed E-state index contributed by atoms with van der Waals surface area (Å²) < 4.78 is 12.6. The van der Waals surface area contributed by atoms with Crippen LogP contribution >= 0.6 is 0 Å². The molecule has 0 saturated carbocycles. The molecule has 0 bridgehead atoms. The fourth-order valence-corrected chi connectivity index (χ4v) is 2.30. The zero-order valence-corrected chi connectivity index (χ0v) is 14.4. The number of rotatable bonds is 2. The number of phenols is 1. The molecule has 1 heterocycles. The van der Waals surface area contributed by atoms with Crippen LogP contribution in [0.2, 0.25) is 0 Å². The maximum atomic E-state index is 12.6. The molecule has 1 aliphatic rings. The van der Waals surface area contributed by atoms with Crippen LogP contribution in [-0.4, -0.2) is 36.1 Å². The SMILES string of the molecule is CC.CC1CC(C#N)N(C)C1.N#Cc1cc(F)cc(O)c1NC=O. The number of nitrogens with zero attached hydrogens (tertiary/aromatic N) is 3. The van der Waals surface area contributed by atoms with Gasteiger partial charge in [0, 0.05) is 12.6 Å². The highest BCUT2D eigenvalue weighted by Gasteiger charge is 2.25. The Labute approximate surface area is 142 Å². The van der Waals surface area contributed by atoms with E-state index >= 15 is 0 Å². The van der Waals surface area contributed by atoms with Crippen molar-refractivity contribution in [2.45, 2.75) is 33.2 Å². The summed E-state index contributed by atoms with van der Waals surface area (Å²) in [6.45, 7) is 7.27. The quantitative estimate of drug-likeness (QED) is 0.640. The Morgan fingerprint density at radius 3 is 2.42 bits per heavy atom. The Morgan fingerprint density at radius 2 is 2.04 bits per heavy atom. The Bertz CT molecular complexity index is 622. The van der Waals surface area contributed by atoms with Crippen molar-refractivity contribution in [2.24, 2.45) is 5.92 Å². The van der Waals surface area contributed by atoms with Crippen molar-refractivity contribution in [3.05, 3.63) is 23.5 Å². The number of nitriles is 2. The summed E-state index contributed by atoms with van der Waals surface area (Å²) in [4.78, 5) is 12.2. The van der Waals surface area contributed by atoms with E-state index in [4.69, 9.17) is 15.6 Å². The number of hydrogen-bond donors (Lipinski definition) is 2. The predicted octanol–water partition coefficient (Wildman–Crippen LogP) is 2.85. The standard InChI is InChI=1S/C8H5FN2O2.C7H12N2.C2H6/c9-6-1-5(3-10)8(11-4-12)7(13)2-6;1-6-3-7(4-8)9(2)5-6;1-2/h1-2,4,13H,(H,11,12);6-7H,3,5H2,1-2H3;1-2H3. The van der Waals surface area contributed by atoms with Gasteiger partial charge in [0.25, 0.3) is 0 Å². The number of benzene rings is 1. The molecule has 1 aromatic carbocycles. The first-order chi connectivity index (χ1) is 11.4. The number of carbonyl (C=O) groups excluding carboxylic acids is 1. The van der Waals surface area contributed by atoms with E-state index < -0.39 is 11.6 Å². The second-order valence-corrected chi connectivity index (χ2v) is 5.15. The number of amides is 1. The van der Waals surface area contributed by atoms with Gasteiger partial charge in [-0.2, -0.15) is 10.5 Å². The third-order valence-corrected chi connectivity index (χ3v) is 3.31. The lowest BCUT2D eigenvalue weighted by Crippen LogP contribution is -2.22. The average molecular weight is 334 g/mol. The molecule has 0 aromatic heterocycles. The molecule has 6 nitrogen and oxygen atoms in total. The maximum absolute atomic E-state index is 12.6. The highest BCUT2D eigenvalue weighted by atomic mass is 19.1. The van der Waals surface area contributed by atoms with Gasteiger partial charge in [-0.1, -0.05) is 20.8 Å². The minimum Gasteiger partial charge on any atom is -0.506 e. The van der Waals surface area contributed by atoms with E-state index in [-0.39, 0.29) is 17.3 Å². The van der Waals surface area contributed by atoms with Gasteiger partial charge in [0.05, 0.1) is 17.7 Å². The molecule has 0 spiro atoms. The van der Waals surface area contributed by atoms with Crippen LogP contribution in [0.4, 0.5) is 10.1 Å². The van der Waals surface area contributed by atoms with Gasteiger partial charge < -0.3 is 10.4 Å². The summed E-state index contributed by atoms with van der Waals surface area (Å²) in [6, 6.07) is 5.83. The summed E-state index contributed by atoms with van der Waals surface area (Å²) in [7, 11) is 2.01. The Kier molecular flexibility index (Phi) is 9.77. The molecular weight excluding hydrogens is 311 g/mol. The van der Waals surface area contributed by atoms with Gasteiger partial charge in [0.2, 0.25) is 6.41 Å². The first-order valence-electron chi connectivity index (χ1n) is 7.65. The molecule has 1 amide bonds. The Morgan fingerprint density at radius 1 is 1.42 bits per heavy atom. The van der Waals surface area contributed by atoms with Crippen LogP contribution in [0.3, 0.4) is 0 Å². The van der Waals surface area contributed by atoms with Crippen molar-refractivity contribution >= 4 is 12.1 Å². The lowest BCUT2D eigenvalue weighted by molar-refractivity contribution is -0.105. The number of phenolic OH excluding ortho intramolecular Hbond substituents is 1. The monoisotopic (exact) mass is 334 g/mol. The predicted molar refractivity (Wildman–Crippen MR) is 89.6 cm³/mol. The maximum Gasteiger partial charge on any atom is 0.211 e. The summed E-state index contributed by atoms with van der Waals surface area (Å²) in [5.41, 5.74) is -0.205. The van der Waals surface area contributed by atoms with Crippen LogP contribution in [0.1, 0.15) is 32.8 Å². The lowest BCUT2D eigenvalue weighted by Gasteiger charge is -2.09. The topological polar surface area (TPSA) is 100 Å². The van der Waals surface area contributed by atoms with Gasteiger partial charge in [-0.3, -0.25) is 9.69 Å². The zero-order valence-electron chi connectivity index (χ0n) is 14.4. The molecule has 2 atom stereocenters. The molecule has 0 radical (unpaired) electrons. The molecule has 2 unspecified atom stereocenters. The van der Waals surface area contributed by atoms with Gasteiger partial charge in [-0.05, 0) is 25.5 Å². The van der Waals surface area contributed by atoms with Gasteiger partial charge in [0.15, 0.2) is 0 Å². The van der Waals surface area contributed by atoms with Crippen LogP contribution in [0, 0.1) is 34.4 Å². The van der Waals surface area contributed by atoms with Crippen molar-refractivity contribution in [2.75, 3.05) is 18.9 Å². The number of hydrogen-bond acceptors (Lipinski definition) is 5. The van der Waals surface area contributed by atoms with Crippen molar-refractivity contribution < 1.29 is 14.3 Å². The van der Waals surface area contributed by atoms with Crippen molar-refractivity contribution in [3.63, 3.8) is 0 Å². The Hall–Kier alpha value is -2.64. The minimum absolute atomic E-state index is 0.0844. The summed E-state index contributed by atoms with van der Waals surface area (Å²) in [5.74, 6) is -0.492. The van der Waals surface area contributed by atoms with Crippen molar-refractivity contribution in [3.8, 4) is 17.9 Å². The molecule has 130 valence electrons. The van der Waals surface area contributed by atoms with Gasteiger partial charge in [-0.15, -0.1) is 0 Å². The molecule has 24 heavy (non-hydrogen) atoms. The van der Waals surface area contributed by atoms with Crippen LogP contribution in [0.15, 0.2) is 12.1 Å². The third-order valence-electron chi connectivity index (χ3n) is 3.31. The number of carbonyl (C=O) groups is 1. The van der Waals surface area contributed by atoms with Crippen LogP contribution in [0.25, 0.3) is 0 Å². The molecule has 2 N–H and O–H groups in total. The summed E-state index contributed by atoms with van der Waals surface area (Å²) in [6.07, 6.45) is 1.35. The number of aromatic hydroxyl groups is 1. The highest BCUT2D eigenvalue weighted by molar-refractivity contribution is 5.79. The first-order valence-corrected chi connectivity index (χ1v) is 7.65. The van der Waals surface area contributed by atoms with Crippen LogP contribution < -0.4 is 5.32 Å². The van der Waals surface area contributed by atoms with Gasteiger partial charge in [0.1, 0.15) is 23.3 Å². The van der Waals surface area contributed by atoms with Gasteiger partial charge in [-0.25, -0.2) is 4.39 Å². The van der Waals surface area contributed by atoms with E-state index in [0.29, 0.717) is 12.3 Å². The van der Waals surface area contributed by atoms with Crippen LogP contribution in [0.5, 0.6) is 5.75 Å². The number of nitrogens with one attached hydrogen (secondary N) is 1. The Balaban J connectivity index is 0.000000420. The summed E-state index contributed by atoms with van der Waals surface area (Å²) >= 11 is 0. The van der Waals surface area contributed by atoms with E-state index in [9.17, 15) is 9.18 Å². The number of halogens is 1. The van der Waals surface area contributed by atoms with Crippen LogP contribution in [-0.2, 0) is 4.79 Å². The van der Waals surface area contributed by atoms with Crippen molar-refractivity contribution in [1.82, 2.24) is 4.90 Å². The largest absolute Gasteiger partial charge is 0.506 e. The second kappa shape index (κ2) is 11.0. The number of anilines is 1. The molecule has 7 heteroatoms. The molecule has 1 aliphatic heterocycles. The first kappa shape index (κ1) is 21.4. The molecule has 1 saturated heterocycles.